The summed E-state index contributed by atoms with van der Waals surface area (Å²) >= 11 is 0. The first-order valence-electron chi connectivity index (χ1n) is 9.19. The van der Waals surface area contributed by atoms with Crippen molar-refractivity contribution in [3.8, 4) is 5.69 Å². The average Bonchev–Trinajstić information content (AvgIpc) is 3.43. The lowest BCUT2D eigenvalue weighted by molar-refractivity contribution is 1.06. The van der Waals surface area contributed by atoms with Gasteiger partial charge in [0.1, 0.15) is 11.8 Å². The number of nitrogens with one attached hydrogen (secondary N) is 3. The summed E-state index contributed by atoms with van der Waals surface area (Å²) in [7, 11) is 0. The molecule has 3 heterocycles. The van der Waals surface area contributed by atoms with Gasteiger partial charge in [0.25, 0.3) is 0 Å². The normalized spacial score (nSPS) is 10.9. The maximum atomic E-state index is 4.52. The molecule has 142 valence electrons. The number of rotatable bonds is 6. The number of imidazole rings is 2. The van der Waals surface area contributed by atoms with Crippen LogP contribution in [0.5, 0.6) is 0 Å². The molecule has 2 aromatic carbocycles. The Morgan fingerprint density at radius 1 is 0.966 bits per heavy atom. The van der Waals surface area contributed by atoms with E-state index < -0.39 is 0 Å². The van der Waals surface area contributed by atoms with E-state index in [0.717, 1.165) is 22.7 Å². The third kappa shape index (κ3) is 3.63. The third-order valence-electron chi connectivity index (χ3n) is 4.52. The number of hydrogen-bond donors (Lipinski definition) is 3. The quantitative estimate of drug-likeness (QED) is 0.412. The first kappa shape index (κ1) is 16.9. The van der Waals surface area contributed by atoms with Gasteiger partial charge in [-0.2, -0.15) is 4.98 Å². The third-order valence-corrected chi connectivity index (χ3v) is 4.52. The molecule has 0 aliphatic heterocycles. The van der Waals surface area contributed by atoms with Crippen molar-refractivity contribution < 1.29 is 0 Å². The molecule has 0 radical (unpaired) electrons. The monoisotopic (exact) mass is 382 g/mol. The lowest BCUT2D eigenvalue weighted by atomic mass is 10.2. The maximum absolute atomic E-state index is 4.52. The zero-order valence-electron chi connectivity index (χ0n) is 15.4. The summed E-state index contributed by atoms with van der Waals surface area (Å²) in [4.78, 5) is 20.5. The molecule has 8 heteroatoms. The minimum Gasteiger partial charge on any atom is -0.364 e. The van der Waals surface area contributed by atoms with Gasteiger partial charge in [-0.05, 0) is 29.8 Å². The van der Waals surface area contributed by atoms with Gasteiger partial charge < -0.3 is 20.2 Å². The zero-order chi connectivity index (χ0) is 19.5. The van der Waals surface area contributed by atoms with E-state index in [2.05, 4.69) is 47.7 Å². The van der Waals surface area contributed by atoms with Crippen LogP contribution in [0.4, 0.5) is 17.5 Å². The minimum absolute atomic E-state index is 0.605. The fourth-order valence-corrected chi connectivity index (χ4v) is 3.07. The van der Waals surface area contributed by atoms with Gasteiger partial charge in [0.05, 0.1) is 6.33 Å². The average molecular weight is 382 g/mol. The second-order valence-corrected chi connectivity index (χ2v) is 6.49. The predicted octanol–water partition coefficient (Wildman–Crippen LogP) is 3.89. The molecule has 0 atom stereocenters. The first-order chi connectivity index (χ1) is 14.3. The summed E-state index contributed by atoms with van der Waals surface area (Å²) in [5.41, 5.74) is 4.50. The highest BCUT2D eigenvalue weighted by Gasteiger charge is 2.10. The van der Waals surface area contributed by atoms with Gasteiger partial charge >= 0.3 is 0 Å². The molecule has 3 N–H and O–H groups in total. The Morgan fingerprint density at radius 2 is 1.83 bits per heavy atom. The summed E-state index contributed by atoms with van der Waals surface area (Å²) in [6.07, 6.45) is 6.94. The second-order valence-electron chi connectivity index (χ2n) is 6.49. The van der Waals surface area contributed by atoms with Gasteiger partial charge in [-0.1, -0.05) is 30.3 Å². The Hall–Kier alpha value is -4.20. The smallest absolute Gasteiger partial charge is 0.207 e. The van der Waals surface area contributed by atoms with Gasteiger partial charge in [-0.15, -0.1) is 0 Å². The van der Waals surface area contributed by atoms with Crippen LogP contribution in [-0.4, -0.2) is 29.5 Å². The molecular weight excluding hydrogens is 364 g/mol. The molecule has 0 saturated heterocycles. The first-order valence-corrected chi connectivity index (χ1v) is 9.19. The van der Waals surface area contributed by atoms with Gasteiger partial charge in [-0.25, -0.2) is 15.0 Å². The van der Waals surface area contributed by atoms with Crippen LogP contribution in [0, 0.1) is 0 Å². The number of H-pyrrole nitrogens is 1. The molecule has 0 fully saturated rings. The van der Waals surface area contributed by atoms with Crippen molar-refractivity contribution in [2.75, 3.05) is 10.6 Å². The largest absolute Gasteiger partial charge is 0.364 e. The van der Waals surface area contributed by atoms with E-state index in [-0.39, 0.29) is 0 Å². The SMILES string of the molecule is c1ccc(CNc2ncnc3nc(Nc4ccc(-n5ccnc5)cc4)[nH]c23)cc1. The molecule has 0 spiro atoms. The summed E-state index contributed by atoms with van der Waals surface area (Å²) in [5.74, 6) is 1.33. The molecule has 5 aromatic rings. The number of benzene rings is 2. The Bertz CT molecular complexity index is 1210. The van der Waals surface area contributed by atoms with E-state index in [1.165, 1.54) is 11.9 Å². The fraction of sp³-hybridized carbons (Fsp3) is 0.0476. The molecular formula is C21H18N8. The van der Waals surface area contributed by atoms with Gasteiger partial charge in [0.15, 0.2) is 11.5 Å². The zero-order valence-corrected chi connectivity index (χ0v) is 15.4. The number of nitrogens with zero attached hydrogens (tertiary/aromatic N) is 5. The second kappa shape index (κ2) is 7.43. The van der Waals surface area contributed by atoms with Crippen LogP contribution in [0.1, 0.15) is 5.56 Å². The van der Waals surface area contributed by atoms with E-state index in [9.17, 15) is 0 Å². The van der Waals surface area contributed by atoms with Crippen molar-refractivity contribution in [2.45, 2.75) is 6.54 Å². The van der Waals surface area contributed by atoms with E-state index in [1.54, 1.807) is 12.5 Å². The minimum atomic E-state index is 0.605. The lowest BCUT2D eigenvalue weighted by Crippen LogP contribution is -2.02. The molecule has 0 amide bonds. The Morgan fingerprint density at radius 3 is 2.62 bits per heavy atom. The molecule has 8 nitrogen and oxygen atoms in total. The van der Waals surface area contributed by atoms with Crippen molar-refractivity contribution in [3.05, 3.63) is 85.2 Å². The maximum Gasteiger partial charge on any atom is 0.207 e. The predicted molar refractivity (Wildman–Crippen MR) is 112 cm³/mol. The molecule has 0 aliphatic carbocycles. The number of aromatic nitrogens is 6. The Balaban J connectivity index is 1.34. The number of hydrogen-bond acceptors (Lipinski definition) is 6. The molecule has 0 unspecified atom stereocenters. The number of aromatic amines is 1. The van der Waals surface area contributed by atoms with Crippen LogP contribution < -0.4 is 10.6 Å². The molecule has 0 saturated carbocycles. The van der Waals surface area contributed by atoms with Crippen LogP contribution in [0.3, 0.4) is 0 Å². The summed E-state index contributed by atoms with van der Waals surface area (Å²) < 4.78 is 1.95. The van der Waals surface area contributed by atoms with Crippen LogP contribution in [0.15, 0.2) is 79.6 Å². The summed E-state index contributed by atoms with van der Waals surface area (Å²) in [5, 5.41) is 6.63. The highest BCUT2D eigenvalue weighted by Crippen LogP contribution is 2.22. The molecule has 3 aromatic heterocycles. The van der Waals surface area contributed by atoms with Crippen molar-refractivity contribution >= 4 is 28.6 Å². The van der Waals surface area contributed by atoms with E-state index in [4.69, 9.17) is 0 Å². The van der Waals surface area contributed by atoms with E-state index >= 15 is 0 Å². The number of anilines is 3. The van der Waals surface area contributed by atoms with E-state index in [1.807, 2.05) is 53.2 Å². The molecule has 0 aliphatic rings. The van der Waals surface area contributed by atoms with Gasteiger partial charge in [-0.3, -0.25) is 0 Å². The van der Waals surface area contributed by atoms with Gasteiger partial charge in [0, 0.05) is 30.3 Å². The van der Waals surface area contributed by atoms with Crippen molar-refractivity contribution in [3.63, 3.8) is 0 Å². The highest BCUT2D eigenvalue weighted by molar-refractivity contribution is 5.84. The van der Waals surface area contributed by atoms with Gasteiger partial charge in [0.2, 0.25) is 5.95 Å². The highest BCUT2D eigenvalue weighted by atomic mass is 15.2. The molecule has 29 heavy (non-hydrogen) atoms. The van der Waals surface area contributed by atoms with Crippen molar-refractivity contribution in [1.29, 1.82) is 0 Å². The summed E-state index contributed by atoms with van der Waals surface area (Å²) in [6.45, 7) is 0.671. The van der Waals surface area contributed by atoms with Crippen LogP contribution in [0.25, 0.3) is 16.9 Å². The topological polar surface area (TPSA) is 96.3 Å². The Labute approximate surface area is 166 Å². The van der Waals surface area contributed by atoms with Crippen LogP contribution in [0.2, 0.25) is 0 Å². The van der Waals surface area contributed by atoms with Crippen molar-refractivity contribution in [1.82, 2.24) is 29.5 Å². The van der Waals surface area contributed by atoms with E-state index in [0.29, 0.717) is 18.1 Å². The standard InChI is InChI=1S/C21H18N8/c1-2-4-15(5-3-1)12-23-19-18-20(25-13-24-19)28-21(27-18)26-16-6-8-17(9-7-16)29-11-10-22-14-29/h1-11,13-14H,12H2,(H3,23,24,25,26,27,28). The lowest BCUT2D eigenvalue weighted by Gasteiger charge is -2.06. The molecule has 0 bridgehead atoms. The Kier molecular flexibility index (Phi) is 4.34. The fourth-order valence-electron chi connectivity index (χ4n) is 3.07. The summed E-state index contributed by atoms with van der Waals surface area (Å²) in [6, 6.07) is 18.2. The van der Waals surface area contributed by atoms with Crippen LogP contribution in [-0.2, 0) is 6.54 Å². The molecule has 5 rings (SSSR count). The van der Waals surface area contributed by atoms with Crippen LogP contribution >= 0.6 is 0 Å². The van der Waals surface area contributed by atoms with Crippen molar-refractivity contribution in [2.24, 2.45) is 0 Å². The number of fused-ring (bicyclic) bond motifs is 1.